The monoisotopic (exact) mass is 551 g/mol. The first-order chi connectivity index (χ1) is 18.9. The van der Waals surface area contributed by atoms with Crippen molar-refractivity contribution in [2.45, 2.75) is 70.6 Å². The number of phenolic OH excluding ortho intramolecular Hbond substituents is 1. The van der Waals surface area contributed by atoms with Gasteiger partial charge >= 0.3 is 11.0 Å². The van der Waals surface area contributed by atoms with E-state index in [0.717, 1.165) is 48.1 Å². The number of amides is 2. The molecule has 4 rings (SSSR count). The lowest BCUT2D eigenvalue weighted by atomic mass is 10.1. The van der Waals surface area contributed by atoms with Gasteiger partial charge in [0.2, 0.25) is 5.91 Å². The summed E-state index contributed by atoms with van der Waals surface area (Å²) in [7, 11) is 0. The van der Waals surface area contributed by atoms with Crippen LogP contribution in [0.15, 0.2) is 59.9 Å². The molecule has 0 saturated heterocycles. The van der Waals surface area contributed by atoms with E-state index in [4.69, 9.17) is 4.74 Å². The van der Waals surface area contributed by atoms with Gasteiger partial charge in [-0.25, -0.2) is 4.79 Å². The van der Waals surface area contributed by atoms with E-state index in [2.05, 4.69) is 11.6 Å². The summed E-state index contributed by atoms with van der Waals surface area (Å²) < 4.78 is 6.58. The number of nitrogens with one attached hydrogen (secondary N) is 1. The van der Waals surface area contributed by atoms with Gasteiger partial charge in [0.1, 0.15) is 17.4 Å². The Morgan fingerprint density at radius 2 is 1.87 bits per heavy atom. The van der Waals surface area contributed by atoms with Crippen molar-refractivity contribution in [1.29, 1.82) is 0 Å². The summed E-state index contributed by atoms with van der Waals surface area (Å²) in [5.74, 6) is -0.110. The Morgan fingerprint density at radius 1 is 1.15 bits per heavy atom. The van der Waals surface area contributed by atoms with Gasteiger partial charge in [-0.15, -0.1) is 0 Å². The predicted octanol–water partition coefficient (Wildman–Crippen LogP) is 5.60. The minimum atomic E-state index is -0.502. The highest BCUT2D eigenvalue weighted by Gasteiger charge is 2.27. The molecule has 0 radical (unpaired) electrons. The standard InChI is InChI=1S/C30H37N3O5S/c1-3-26(35)33(24-13-9-4-5-10-14-24)19-21(2)38-30(37)32(20-22-11-7-6-8-12-22)18-17-23-15-16-25(34)27-28(23)39-29(36)31-27/h3,6-8,11-12,15-16,21,24,34H,1,4-5,9-10,13-14,17-20H2,2H3,(H,31,36). The molecule has 1 atom stereocenters. The number of benzene rings is 2. The molecule has 1 saturated carbocycles. The van der Waals surface area contributed by atoms with Gasteiger partial charge in [-0.3, -0.25) is 9.59 Å². The van der Waals surface area contributed by atoms with Crippen LogP contribution in [0.2, 0.25) is 0 Å². The number of nitrogens with zero attached hydrogens (tertiary/aromatic N) is 2. The molecular weight excluding hydrogens is 514 g/mol. The Bertz CT molecular complexity index is 1330. The van der Waals surface area contributed by atoms with Gasteiger partial charge in [-0.2, -0.15) is 0 Å². The highest BCUT2D eigenvalue weighted by Crippen LogP contribution is 2.28. The third-order valence-corrected chi connectivity index (χ3v) is 8.20. The van der Waals surface area contributed by atoms with E-state index in [1.165, 1.54) is 18.9 Å². The maximum atomic E-state index is 13.4. The van der Waals surface area contributed by atoms with Gasteiger partial charge in [0.25, 0.3) is 0 Å². The second kappa shape index (κ2) is 13.5. The maximum absolute atomic E-state index is 13.4. The van der Waals surface area contributed by atoms with Crippen molar-refractivity contribution < 1.29 is 19.4 Å². The van der Waals surface area contributed by atoms with Gasteiger partial charge in [0.05, 0.1) is 11.2 Å². The molecule has 1 unspecified atom stereocenters. The fourth-order valence-electron chi connectivity index (χ4n) is 5.23. The molecule has 208 valence electrons. The lowest BCUT2D eigenvalue weighted by Gasteiger charge is -2.33. The average Bonchev–Trinajstić information content (AvgIpc) is 3.14. The smallest absolute Gasteiger partial charge is 0.410 e. The number of aromatic amines is 1. The summed E-state index contributed by atoms with van der Waals surface area (Å²) >= 11 is 1.04. The van der Waals surface area contributed by atoms with Crippen molar-refractivity contribution in [3.63, 3.8) is 0 Å². The molecule has 2 N–H and O–H groups in total. The van der Waals surface area contributed by atoms with E-state index in [1.54, 1.807) is 17.0 Å². The van der Waals surface area contributed by atoms with Crippen molar-refractivity contribution >= 4 is 33.6 Å². The summed E-state index contributed by atoms with van der Waals surface area (Å²) in [5, 5.41) is 10.1. The van der Waals surface area contributed by atoms with Crippen molar-refractivity contribution in [1.82, 2.24) is 14.8 Å². The van der Waals surface area contributed by atoms with Gasteiger partial charge < -0.3 is 24.6 Å². The molecule has 9 heteroatoms. The molecule has 39 heavy (non-hydrogen) atoms. The molecule has 8 nitrogen and oxygen atoms in total. The number of aromatic nitrogens is 1. The van der Waals surface area contributed by atoms with Crippen molar-refractivity contribution in [2.75, 3.05) is 13.1 Å². The zero-order valence-corrected chi connectivity index (χ0v) is 23.3. The molecule has 1 heterocycles. The molecule has 2 aromatic carbocycles. The number of ether oxygens (including phenoxy) is 1. The van der Waals surface area contributed by atoms with Crippen molar-refractivity contribution in [3.05, 3.63) is 75.9 Å². The largest absolute Gasteiger partial charge is 0.506 e. The normalized spacial score (nSPS) is 14.9. The summed E-state index contributed by atoms with van der Waals surface area (Å²) in [4.78, 5) is 44.0. The Balaban J connectivity index is 1.47. The third-order valence-electron chi connectivity index (χ3n) is 7.24. The van der Waals surface area contributed by atoms with Crippen LogP contribution in [0, 0.1) is 0 Å². The van der Waals surface area contributed by atoms with Crippen LogP contribution >= 0.6 is 11.3 Å². The number of hydrogen-bond donors (Lipinski definition) is 2. The molecule has 1 fully saturated rings. The summed E-state index contributed by atoms with van der Waals surface area (Å²) in [6.07, 6.45) is 7.29. The number of H-pyrrole nitrogens is 1. The molecule has 1 aliphatic rings. The zero-order valence-electron chi connectivity index (χ0n) is 22.4. The fourth-order valence-corrected chi connectivity index (χ4v) is 6.13. The van der Waals surface area contributed by atoms with Gasteiger partial charge in [0, 0.05) is 19.1 Å². The number of fused-ring (bicyclic) bond motifs is 1. The Labute approximate surface area is 232 Å². The first-order valence-corrected chi connectivity index (χ1v) is 14.4. The second-order valence-corrected chi connectivity index (χ2v) is 11.1. The lowest BCUT2D eigenvalue weighted by molar-refractivity contribution is -0.130. The molecule has 0 bridgehead atoms. The first-order valence-electron chi connectivity index (χ1n) is 13.6. The highest BCUT2D eigenvalue weighted by atomic mass is 32.1. The van der Waals surface area contributed by atoms with Crippen LogP contribution in [-0.4, -0.2) is 57.1 Å². The van der Waals surface area contributed by atoms with Crippen LogP contribution < -0.4 is 4.87 Å². The van der Waals surface area contributed by atoms with Gasteiger partial charge in [-0.1, -0.05) is 80.0 Å². The number of carbonyl (C=O) groups excluding carboxylic acids is 2. The first kappa shape index (κ1) is 28.4. The van der Waals surface area contributed by atoms with Crippen LogP contribution in [0.3, 0.4) is 0 Å². The zero-order chi connectivity index (χ0) is 27.8. The van der Waals surface area contributed by atoms with Crippen molar-refractivity contribution in [2.24, 2.45) is 0 Å². The van der Waals surface area contributed by atoms with Crippen LogP contribution in [-0.2, 0) is 22.5 Å². The van der Waals surface area contributed by atoms with Gasteiger partial charge in [0.15, 0.2) is 0 Å². The molecule has 1 aromatic heterocycles. The maximum Gasteiger partial charge on any atom is 0.410 e. The molecule has 1 aliphatic carbocycles. The number of aromatic hydroxyl groups is 1. The van der Waals surface area contributed by atoms with Gasteiger partial charge in [-0.05, 0) is 49.5 Å². The number of thiazole rings is 1. The number of rotatable bonds is 10. The van der Waals surface area contributed by atoms with E-state index < -0.39 is 12.2 Å². The van der Waals surface area contributed by atoms with Crippen LogP contribution in [0.1, 0.15) is 56.6 Å². The minimum absolute atomic E-state index is 0.0220. The quantitative estimate of drug-likeness (QED) is 0.252. The Kier molecular flexibility index (Phi) is 9.81. The molecular formula is C30H37N3O5S. The summed E-state index contributed by atoms with van der Waals surface area (Å²) in [5.41, 5.74) is 2.24. The van der Waals surface area contributed by atoms with Crippen LogP contribution in [0.4, 0.5) is 4.79 Å². The van der Waals surface area contributed by atoms with E-state index in [9.17, 15) is 19.5 Å². The fraction of sp³-hybridized carbons (Fsp3) is 0.433. The van der Waals surface area contributed by atoms with Crippen LogP contribution in [0.25, 0.3) is 10.2 Å². The van der Waals surface area contributed by atoms with Crippen LogP contribution in [0.5, 0.6) is 5.75 Å². The minimum Gasteiger partial charge on any atom is -0.506 e. The van der Waals surface area contributed by atoms with E-state index in [1.807, 2.05) is 42.2 Å². The Morgan fingerprint density at radius 3 is 2.56 bits per heavy atom. The SMILES string of the molecule is C=CC(=O)N(CC(C)OC(=O)N(CCc1ccc(O)c2[nH]c(=O)sc12)Cc1ccccc1)C1CCCCCC1. The molecule has 0 aliphatic heterocycles. The summed E-state index contributed by atoms with van der Waals surface area (Å²) in [6, 6.07) is 13.1. The lowest BCUT2D eigenvalue weighted by Crippen LogP contribution is -2.45. The number of phenols is 1. The van der Waals surface area contributed by atoms with Crippen molar-refractivity contribution in [3.8, 4) is 5.75 Å². The highest BCUT2D eigenvalue weighted by molar-refractivity contribution is 7.16. The third kappa shape index (κ3) is 7.50. The number of carbonyl (C=O) groups is 2. The Hall–Kier alpha value is -3.59. The van der Waals surface area contributed by atoms with E-state index >= 15 is 0 Å². The topological polar surface area (TPSA) is 103 Å². The molecule has 0 spiro atoms. The molecule has 2 amide bonds. The second-order valence-electron chi connectivity index (χ2n) is 10.2. The van der Waals surface area contributed by atoms with E-state index in [0.29, 0.717) is 36.3 Å². The van der Waals surface area contributed by atoms with E-state index in [-0.39, 0.29) is 22.6 Å². The summed E-state index contributed by atoms with van der Waals surface area (Å²) in [6.45, 7) is 6.52. The molecule has 3 aromatic rings. The average molecular weight is 552 g/mol. The predicted molar refractivity (Wildman–Crippen MR) is 154 cm³/mol. The number of hydrogen-bond acceptors (Lipinski definition) is 6.